The molecule has 10 aliphatic rings. The molecule has 6 fully saturated rings. The van der Waals surface area contributed by atoms with Crippen molar-refractivity contribution in [2.45, 2.75) is 165 Å². The van der Waals surface area contributed by atoms with Gasteiger partial charge in [-0.05, 0) is 175 Å². The van der Waals surface area contributed by atoms with Gasteiger partial charge >= 0.3 is 5.97 Å². The topological polar surface area (TPSA) is 257 Å². The van der Waals surface area contributed by atoms with E-state index in [0.29, 0.717) is 77.4 Å². The number of nitrogens with one attached hydrogen (secondary N) is 3. The molecule has 0 radical (unpaired) electrons. The van der Waals surface area contributed by atoms with E-state index in [-0.39, 0.29) is 57.6 Å². The summed E-state index contributed by atoms with van der Waals surface area (Å²) in [7, 11) is 0. The van der Waals surface area contributed by atoms with Gasteiger partial charge in [-0.25, -0.2) is 18.7 Å². The third-order valence-corrected chi connectivity index (χ3v) is 22.7. The van der Waals surface area contributed by atoms with Crippen molar-refractivity contribution in [1.29, 1.82) is 0 Å². The van der Waals surface area contributed by atoms with E-state index in [1.807, 2.05) is 6.07 Å². The molecule has 6 N–H and O–H groups in total. The van der Waals surface area contributed by atoms with Gasteiger partial charge in [0.05, 0.1) is 5.41 Å². The number of aromatic nitrogens is 2. The smallest absolute Gasteiger partial charge is 0.321 e. The normalized spacial score (nSPS) is 28.2. The van der Waals surface area contributed by atoms with Gasteiger partial charge in [-0.2, -0.15) is 10.2 Å². The number of piperidine rings is 2. The zero-order valence-electron chi connectivity index (χ0n) is 50.3. The van der Waals surface area contributed by atoms with Crippen LogP contribution in [-0.2, 0) is 30.0 Å². The third-order valence-electron chi connectivity index (χ3n) is 21.7. The van der Waals surface area contributed by atoms with Crippen molar-refractivity contribution in [2.24, 2.45) is 64.7 Å². The first-order valence-corrected chi connectivity index (χ1v) is 32.4. The minimum absolute atomic E-state index is 0. The minimum atomic E-state index is -1.36. The van der Waals surface area contributed by atoms with Crippen LogP contribution in [0.4, 0.5) is 20.2 Å². The maximum atomic E-state index is 16.1. The molecule has 0 bridgehead atoms. The number of pyridine rings is 2. The van der Waals surface area contributed by atoms with E-state index < -0.39 is 63.2 Å². The Balaban J connectivity index is 0.000000159. The molecule has 4 aromatic rings. The first kappa shape index (κ1) is 65.4. The number of benzene rings is 2. The second-order valence-electron chi connectivity index (χ2n) is 27.6. The van der Waals surface area contributed by atoms with Crippen LogP contribution in [0, 0.1) is 39.7 Å². The molecule has 90 heavy (non-hydrogen) atoms. The number of amidine groups is 2. The molecule has 3 saturated heterocycles. The number of hydrogen-bond acceptors (Lipinski definition) is 16. The van der Waals surface area contributed by atoms with E-state index in [1.165, 1.54) is 18.5 Å². The Labute approximate surface area is 543 Å². The van der Waals surface area contributed by atoms with Gasteiger partial charge in [-0.3, -0.25) is 24.5 Å². The Kier molecular flexibility index (Phi) is 18.2. The fourth-order valence-corrected chi connectivity index (χ4v) is 17.6. The van der Waals surface area contributed by atoms with Gasteiger partial charge in [0.15, 0.2) is 33.6 Å². The number of carbonyl (C=O) groups excluding carboxylic acids is 3. The summed E-state index contributed by atoms with van der Waals surface area (Å²) in [5, 5.41) is 43.2. The average Bonchev–Trinajstić information content (AvgIpc) is 1.51. The van der Waals surface area contributed by atoms with Crippen LogP contribution in [-0.4, -0.2) is 117 Å². The highest BCUT2D eigenvalue weighted by Crippen LogP contribution is 2.73. The van der Waals surface area contributed by atoms with Crippen molar-refractivity contribution in [1.82, 2.24) is 25.1 Å². The van der Waals surface area contributed by atoms with Crippen LogP contribution < -0.4 is 21.7 Å². The maximum absolute atomic E-state index is 16.1. The fraction of sp³-hybridized carbons (Fsp3) is 0.569. The number of anilines is 2. The number of halogens is 6. The summed E-state index contributed by atoms with van der Waals surface area (Å²) in [6.07, 6.45) is 13.6. The van der Waals surface area contributed by atoms with Gasteiger partial charge in [0, 0.05) is 95.7 Å². The number of rotatable bonds is 6. The largest absolute Gasteiger partial charge is 0.480 e. The van der Waals surface area contributed by atoms with Crippen LogP contribution in [0.2, 0.25) is 20.4 Å². The number of aliphatic carboxylic acids is 1. The van der Waals surface area contributed by atoms with Crippen LogP contribution in [0.5, 0.6) is 0 Å². The summed E-state index contributed by atoms with van der Waals surface area (Å²) in [4.78, 5) is 68.0. The molecule has 2 aromatic heterocycles. The zero-order valence-corrected chi connectivity index (χ0v) is 53.3. The molecule has 3 saturated carbocycles. The monoisotopic (exact) mass is 1310 g/mol. The standard InChI is InChI=1S/C33H37Cl2FN6O2.C24H24Cl2FN3O3.C7H13N5.CH4/c1-31(2)8-10-32(11-9-31)17-22(25(43)15-19-6-13-42(14-7-19)26-18-38-41-40-26)27(21-5-12-37-29(35)28(21)36)33(32)23-4-3-20(34)16-24(23)39-30(33)44;1-22(2)6-8-23(9-7-22)24(14-4-3-12(25)11-15(14)29-21(24)33)16(18(30-23)20(31)32)13-5-10-28-19(26)17(13)27;8-6-1-3-12(4-2-6)7-5-9-11-10-7;/h3-5,12,16,19,22,27H,6-11,13-15,17-18H2,1-2H3,(H,39,44);3-5,10-11,16,18,30H,6-9H2,1-2H3,(H,29,33)(H,31,32);6H,1-5,8H2;1H4/t22-,27-,33+;16-,18+,24?;;/m00../s1. The van der Waals surface area contributed by atoms with E-state index >= 15 is 8.78 Å². The van der Waals surface area contributed by atoms with Crippen molar-refractivity contribution >= 4 is 93.0 Å². The highest BCUT2D eigenvalue weighted by atomic mass is 35.5. The summed E-state index contributed by atoms with van der Waals surface area (Å²) in [6, 6.07) is 12.8. The number of Topliss-reactive ketones (excluding diaryl/α,β-unsaturated/α-hetero) is 1. The van der Waals surface area contributed by atoms with E-state index in [2.05, 4.69) is 94.3 Å². The lowest BCUT2D eigenvalue weighted by molar-refractivity contribution is -0.139. The molecule has 6 atom stereocenters. The number of carboxylic acids is 1. The van der Waals surface area contributed by atoms with Gasteiger partial charge in [-0.1, -0.05) is 93.7 Å². The molecule has 19 nitrogen and oxygen atoms in total. The number of hydrogen-bond donors (Lipinski definition) is 5. The number of carbonyl (C=O) groups is 4. The first-order valence-electron chi connectivity index (χ1n) is 30.9. The molecule has 2 amide bonds. The Morgan fingerprint density at radius 3 is 1.61 bits per heavy atom. The van der Waals surface area contributed by atoms with Gasteiger partial charge in [0.2, 0.25) is 11.8 Å². The molecule has 1 unspecified atom stereocenters. The number of carboxylic acid groups (broad SMARTS) is 1. The fourth-order valence-electron chi connectivity index (χ4n) is 16.9. The second-order valence-corrected chi connectivity index (χ2v) is 29.2. The minimum Gasteiger partial charge on any atom is -0.480 e. The van der Waals surface area contributed by atoms with Crippen LogP contribution in [0.15, 0.2) is 91.8 Å². The summed E-state index contributed by atoms with van der Waals surface area (Å²) in [6.45, 7) is 13.6. The van der Waals surface area contributed by atoms with E-state index in [4.69, 9.17) is 52.1 Å². The second kappa shape index (κ2) is 25.1. The highest BCUT2D eigenvalue weighted by molar-refractivity contribution is 6.32. The molecular formula is C65H78Cl4F2N14O5. The third kappa shape index (κ3) is 11.3. The first-order chi connectivity index (χ1) is 42.4. The number of fused-ring (bicyclic) bond motifs is 6. The lowest BCUT2D eigenvalue weighted by Gasteiger charge is -2.51. The molecule has 14 rings (SSSR count). The van der Waals surface area contributed by atoms with Crippen LogP contribution >= 0.6 is 46.4 Å². The van der Waals surface area contributed by atoms with E-state index in [9.17, 15) is 24.3 Å². The molecule has 25 heteroatoms. The summed E-state index contributed by atoms with van der Waals surface area (Å²) < 4.78 is 31.5. The van der Waals surface area contributed by atoms with E-state index in [0.717, 1.165) is 108 Å². The molecule has 2 aromatic carbocycles. The van der Waals surface area contributed by atoms with Crippen LogP contribution in [0.25, 0.3) is 0 Å². The number of amides is 2. The lowest BCUT2D eigenvalue weighted by Crippen LogP contribution is -2.61. The zero-order chi connectivity index (χ0) is 63.0. The highest BCUT2D eigenvalue weighted by Gasteiger charge is 2.74. The van der Waals surface area contributed by atoms with Gasteiger partial charge in [0.1, 0.15) is 30.3 Å². The summed E-state index contributed by atoms with van der Waals surface area (Å²) >= 11 is 24.9. The predicted molar refractivity (Wildman–Crippen MR) is 343 cm³/mol. The Morgan fingerprint density at radius 1 is 0.656 bits per heavy atom. The number of ketones is 1. The van der Waals surface area contributed by atoms with Crippen molar-refractivity contribution in [2.75, 3.05) is 49.9 Å². The van der Waals surface area contributed by atoms with Crippen LogP contribution in [0.3, 0.4) is 0 Å². The molecule has 9 heterocycles. The molecule has 4 spiro atoms. The maximum Gasteiger partial charge on any atom is 0.321 e. The predicted octanol–water partition coefficient (Wildman–Crippen LogP) is 13.3. The number of nitrogens with two attached hydrogens (primary N) is 1. The van der Waals surface area contributed by atoms with Gasteiger partial charge in [-0.15, -0.1) is 10.2 Å². The van der Waals surface area contributed by atoms with Crippen LogP contribution in [0.1, 0.15) is 159 Å². The van der Waals surface area contributed by atoms with Gasteiger partial charge < -0.3 is 31.3 Å². The Hall–Kier alpha value is -6.10. The van der Waals surface area contributed by atoms with Gasteiger partial charge in [0.25, 0.3) is 0 Å². The number of nitrogens with zero attached hydrogens (tertiary/aromatic N) is 10. The Bertz CT molecular complexity index is 3610. The summed E-state index contributed by atoms with van der Waals surface area (Å²) in [5.74, 6) is -3.28. The molecule has 7 aliphatic heterocycles. The molecule has 3 aliphatic carbocycles. The van der Waals surface area contributed by atoms with Crippen molar-refractivity contribution in [3.63, 3.8) is 0 Å². The van der Waals surface area contributed by atoms with Crippen molar-refractivity contribution in [3.8, 4) is 0 Å². The van der Waals surface area contributed by atoms with Crippen molar-refractivity contribution in [3.05, 3.63) is 115 Å². The molecule has 480 valence electrons. The SMILES string of the molecule is C.CC1(C)CCC2(CC1)C[C@@H](C(=O)CC1CCN(C3=NN=NC3)CC1)[C@H](c1ccnc(Cl)c1F)[C@]21C(=O)Nc2cc(Cl)ccc21.CC1(C)CCC2(CC1)N[C@@H](C(=O)O)[C@H](c1ccnc(Cl)c1F)C21C(=O)Nc2cc(Cl)ccc21.NC1CCN(C2=NN=NC2)CC1. The average molecular weight is 1320 g/mol. The quantitative estimate of drug-likeness (QED) is 0.113. The Morgan fingerprint density at radius 2 is 1.12 bits per heavy atom. The summed E-state index contributed by atoms with van der Waals surface area (Å²) in [5.41, 5.74) is 4.98. The number of likely N-dealkylation sites (tertiary alicyclic amines) is 2. The molecular weight excluding hydrogens is 1240 g/mol. The lowest BCUT2D eigenvalue weighted by atomic mass is 9.51. The van der Waals surface area contributed by atoms with Crippen molar-refractivity contribution < 1.29 is 33.1 Å². The van der Waals surface area contributed by atoms with E-state index in [1.54, 1.807) is 36.4 Å².